The minimum Gasteiger partial charge on any atom is -0.354 e. The van der Waals surface area contributed by atoms with Crippen molar-refractivity contribution in [2.45, 2.75) is 24.8 Å². The molecule has 0 spiro atoms. The molecular weight excluding hydrogens is 354 g/mol. The molecule has 1 aromatic heterocycles. The van der Waals surface area contributed by atoms with Crippen LogP contribution >= 0.6 is 0 Å². The number of amides is 1. The third-order valence-electron chi connectivity index (χ3n) is 4.03. The van der Waals surface area contributed by atoms with Gasteiger partial charge in [0.15, 0.2) is 0 Å². The fraction of sp³-hybridized carbons (Fsp3) is 0.333. The molecule has 0 fully saturated rings. The molecule has 0 unspecified atom stereocenters. The summed E-state index contributed by atoms with van der Waals surface area (Å²) >= 11 is 0. The lowest BCUT2D eigenvalue weighted by molar-refractivity contribution is -0.121. The van der Waals surface area contributed by atoms with E-state index in [2.05, 4.69) is 5.32 Å². The number of nitrogens with one attached hydrogen (secondary N) is 1. The fourth-order valence-electron chi connectivity index (χ4n) is 2.43. The van der Waals surface area contributed by atoms with Gasteiger partial charge in [-0.1, -0.05) is 24.3 Å². The van der Waals surface area contributed by atoms with Crippen LogP contribution in [0.5, 0.6) is 0 Å². The molecule has 1 heterocycles. The second-order valence-corrected chi connectivity index (χ2v) is 8.30. The molecule has 26 heavy (non-hydrogen) atoms. The number of aromatic nitrogens is 1. The van der Waals surface area contributed by atoms with E-state index in [-0.39, 0.29) is 17.3 Å². The Kier molecular flexibility index (Phi) is 6.33. The van der Waals surface area contributed by atoms with Crippen molar-refractivity contribution in [3.8, 4) is 0 Å². The summed E-state index contributed by atoms with van der Waals surface area (Å²) in [5.74, 6) is -0.347. The summed E-state index contributed by atoms with van der Waals surface area (Å²) in [5, 5.41) is 2.76. The summed E-state index contributed by atoms with van der Waals surface area (Å²) in [5.41, 5.74) is 1.86. The first kappa shape index (κ1) is 19.9. The number of rotatable bonds is 7. The Morgan fingerprint density at radius 2 is 1.85 bits per heavy atom. The maximum atomic E-state index is 12.2. The van der Waals surface area contributed by atoms with Crippen molar-refractivity contribution in [3.63, 3.8) is 0 Å². The zero-order valence-corrected chi connectivity index (χ0v) is 15.9. The van der Waals surface area contributed by atoms with Crippen LogP contribution in [-0.4, -0.2) is 43.8 Å². The Hall–Kier alpha value is -2.45. The molecular formula is C18H23N3O4S. The first-order chi connectivity index (χ1) is 12.2. The summed E-state index contributed by atoms with van der Waals surface area (Å²) in [6, 6.07) is 10.3. The third kappa shape index (κ3) is 4.80. The van der Waals surface area contributed by atoms with E-state index in [0.717, 1.165) is 26.1 Å². The van der Waals surface area contributed by atoms with Crippen LogP contribution in [0.25, 0.3) is 0 Å². The van der Waals surface area contributed by atoms with E-state index >= 15 is 0 Å². The molecule has 7 nitrogen and oxygen atoms in total. The van der Waals surface area contributed by atoms with Gasteiger partial charge < -0.3 is 9.88 Å². The number of nitrogens with zero attached hydrogens (tertiary/aromatic N) is 2. The van der Waals surface area contributed by atoms with Crippen LogP contribution in [0.3, 0.4) is 0 Å². The molecule has 1 N–H and O–H groups in total. The zero-order valence-electron chi connectivity index (χ0n) is 15.1. The van der Waals surface area contributed by atoms with Gasteiger partial charge in [-0.15, -0.1) is 0 Å². The van der Waals surface area contributed by atoms with Crippen molar-refractivity contribution in [1.29, 1.82) is 0 Å². The van der Waals surface area contributed by atoms with E-state index in [0.29, 0.717) is 13.0 Å². The van der Waals surface area contributed by atoms with E-state index < -0.39 is 15.6 Å². The molecule has 2 rings (SSSR count). The molecule has 2 aromatic rings. The SMILES string of the molecule is Cc1ccccc1CCNC(=O)Cn1cc(S(=O)(=O)N(C)C)ccc1=O. The highest BCUT2D eigenvalue weighted by Gasteiger charge is 2.18. The van der Waals surface area contributed by atoms with Crippen molar-refractivity contribution in [2.24, 2.45) is 0 Å². The minimum atomic E-state index is -3.67. The summed E-state index contributed by atoms with van der Waals surface area (Å²) in [6.07, 6.45) is 1.88. The van der Waals surface area contributed by atoms with Crippen molar-refractivity contribution in [3.05, 3.63) is 64.1 Å². The van der Waals surface area contributed by atoms with E-state index in [1.165, 1.54) is 26.4 Å². The lowest BCUT2D eigenvalue weighted by Crippen LogP contribution is -2.34. The number of sulfonamides is 1. The topological polar surface area (TPSA) is 88.5 Å². The molecule has 0 saturated carbocycles. The van der Waals surface area contributed by atoms with Crippen LogP contribution in [0.1, 0.15) is 11.1 Å². The largest absolute Gasteiger partial charge is 0.354 e. The number of hydrogen-bond acceptors (Lipinski definition) is 4. The molecule has 1 amide bonds. The smallest absolute Gasteiger partial charge is 0.251 e. The normalized spacial score (nSPS) is 11.5. The first-order valence-corrected chi connectivity index (χ1v) is 9.60. The van der Waals surface area contributed by atoms with E-state index in [1.54, 1.807) is 0 Å². The van der Waals surface area contributed by atoms with Gasteiger partial charge in [0.2, 0.25) is 15.9 Å². The molecule has 0 radical (unpaired) electrons. The molecule has 0 saturated heterocycles. The van der Waals surface area contributed by atoms with Gasteiger partial charge >= 0.3 is 0 Å². The van der Waals surface area contributed by atoms with Crippen LogP contribution < -0.4 is 10.9 Å². The maximum absolute atomic E-state index is 12.2. The molecule has 0 aliphatic carbocycles. The summed E-state index contributed by atoms with van der Waals surface area (Å²) in [7, 11) is -0.856. The second kappa shape index (κ2) is 8.29. The third-order valence-corrected chi connectivity index (χ3v) is 5.83. The maximum Gasteiger partial charge on any atom is 0.251 e. The van der Waals surface area contributed by atoms with Gasteiger partial charge in [0.25, 0.3) is 5.56 Å². The Bertz CT molecular complexity index is 949. The van der Waals surface area contributed by atoms with Gasteiger partial charge in [0.05, 0.1) is 4.90 Å². The summed E-state index contributed by atoms with van der Waals surface area (Å²) in [4.78, 5) is 24.0. The van der Waals surface area contributed by atoms with Gasteiger partial charge in [0, 0.05) is 32.9 Å². The quantitative estimate of drug-likeness (QED) is 0.772. The van der Waals surface area contributed by atoms with Gasteiger partial charge in [0.1, 0.15) is 6.54 Å². The molecule has 0 aliphatic rings. The Morgan fingerprint density at radius 1 is 1.15 bits per heavy atom. The van der Waals surface area contributed by atoms with Crippen LogP contribution in [0, 0.1) is 6.92 Å². The van der Waals surface area contributed by atoms with E-state index in [9.17, 15) is 18.0 Å². The highest BCUT2D eigenvalue weighted by atomic mass is 32.2. The molecule has 8 heteroatoms. The van der Waals surface area contributed by atoms with Gasteiger partial charge in [-0.2, -0.15) is 0 Å². The Morgan fingerprint density at radius 3 is 2.50 bits per heavy atom. The lowest BCUT2D eigenvalue weighted by atomic mass is 10.1. The zero-order chi connectivity index (χ0) is 19.3. The van der Waals surface area contributed by atoms with Crippen molar-refractivity contribution < 1.29 is 13.2 Å². The number of benzene rings is 1. The predicted molar refractivity (Wildman–Crippen MR) is 99.5 cm³/mol. The average molecular weight is 377 g/mol. The molecule has 140 valence electrons. The summed E-state index contributed by atoms with van der Waals surface area (Å²) in [6.45, 7) is 2.21. The van der Waals surface area contributed by atoms with E-state index in [1.807, 2.05) is 31.2 Å². The van der Waals surface area contributed by atoms with Crippen molar-refractivity contribution in [1.82, 2.24) is 14.2 Å². The van der Waals surface area contributed by atoms with Gasteiger partial charge in [-0.25, -0.2) is 12.7 Å². The van der Waals surface area contributed by atoms with Gasteiger partial charge in [-0.3, -0.25) is 9.59 Å². The van der Waals surface area contributed by atoms with Crippen LogP contribution in [0.2, 0.25) is 0 Å². The van der Waals surface area contributed by atoms with E-state index in [4.69, 9.17) is 0 Å². The highest BCUT2D eigenvalue weighted by molar-refractivity contribution is 7.89. The predicted octanol–water partition coefficient (Wildman–Crippen LogP) is 0.766. The van der Waals surface area contributed by atoms with Gasteiger partial charge in [-0.05, 0) is 30.5 Å². The highest BCUT2D eigenvalue weighted by Crippen LogP contribution is 2.10. The lowest BCUT2D eigenvalue weighted by Gasteiger charge is -2.13. The van der Waals surface area contributed by atoms with Crippen LogP contribution in [-0.2, 0) is 27.8 Å². The molecule has 1 aromatic carbocycles. The average Bonchev–Trinajstić information content (AvgIpc) is 2.58. The van der Waals surface area contributed by atoms with Crippen molar-refractivity contribution >= 4 is 15.9 Å². The number of carbonyl (C=O) groups excluding carboxylic acids is 1. The number of carbonyl (C=O) groups is 1. The summed E-state index contributed by atoms with van der Waals surface area (Å²) < 4.78 is 26.5. The Balaban J connectivity index is 2.03. The molecule has 0 aliphatic heterocycles. The van der Waals surface area contributed by atoms with Crippen molar-refractivity contribution in [2.75, 3.05) is 20.6 Å². The second-order valence-electron chi connectivity index (χ2n) is 6.14. The minimum absolute atomic E-state index is 0.0326. The fourth-order valence-corrected chi connectivity index (χ4v) is 3.36. The monoisotopic (exact) mass is 377 g/mol. The Labute approximate surface area is 153 Å². The first-order valence-electron chi connectivity index (χ1n) is 8.16. The number of aryl methyl sites for hydroxylation is 1. The van der Waals surface area contributed by atoms with Crippen LogP contribution in [0.4, 0.5) is 0 Å². The van der Waals surface area contributed by atoms with Crippen LogP contribution in [0.15, 0.2) is 52.3 Å². The number of pyridine rings is 1. The molecule has 0 bridgehead atoms. The number of hydrogen-bond donors (Lipinski definition) is 1. The standard InChI is InChI=1S/C18H23N3O4S/c1-14-6-4-5-7-15(14)10-11-19-17(22)13-21-12-16(8-9-18(21)23)26(24,25)20(2)3/h4-9,12H,10-11,13H2,1-3H3,(H,19,22). The molecule has 0 atom stereocenters.